The van der Waals surface area contributed by atoms with E-state index in [4.69, 9.17) is 16.2 Å². The third-order valence-corrected chi connectivity index (χ3v) is 1.78. The van der Waals surface area contributed by atoms with Crippen molar-refractivity contribution >= 4 is 41.8 Å². The first-order chi connectivity index (χ1) is 4.66. The fourth-order valence-corrected chi connectivity index (χ4v) is 1.12. The maximum atomic E-state index is 9.98. The normalized spacial score (nSPS) is 15.2. The summed E-state index contributed by atoms with van der Waals surface area (Å²) < 4.78 is 22.5. The Labute approximate surface area is 86.5 Å². The Morgan fingerprint density at radius 2 is 2.27 bits per heavy atom. The van der Waals surface area contributed by atoms with E-state index in [0.29, 0.717) is 6.42 Å². The van der Waals surface area contributed by atoms with E-state index in [1.165, 1.54) is 0 Å². The van der Waals surface area contributed by atoms with Crippen LogP contribution in [0.5, 0.6) is 0 Å². The van der Waals surface area contributed by atoms with Crippen molar-refractivity contribution in [2.75, 3.05) is 0 Å². The minimum absolute atomic E-state index is 0. The molecule has 2 atom stereocenters. The molecule has 0 aliphatic carbocycles. The Bertz CT molecular complexity index is 114. The van der Waals surface area contributed by atoms with Crippen LogP contribution in [0.1, 0.15) is 26.2 Å². The van der Waals surface area contributed by atoms with Gasteiger partial charge in [0.05, 0.1) is 0 Å². The zero-order valence-electron chi connectivity index (χ0n) is 5.75. The summed E-state index contributed by atoms with van der Waals surface area (Å²) in [7, 11) is 0. The molecule has 0 heterocycles. The minimum atomic E-state index is -2.23. The number of unbranched alkanes of at least 4 members (excludes halogenated alkanes) is 1. The number of alkyl halides is 1. The van der Waals surface area contributed by atoms with Crippen molar-refractivity contribution in [2.24, 2.45) is 0 Å². The Morgan fingerprint density at radius 3 is 2.64 bits per heavy atom. The van der Waals surface area contributed by atoms with E-state index in [1.807, 2.05) is 6.92 Å². The van der Waals surface area contributed by atoms with E-state index < -0.39 is 16.9 Å². The zero-order chi connectivity index (χ0) is 7.98. The van der Waals surface area contributed by atoms with Gasteiger partial charge in [-0.1, -0.05) is 24.9 Å². The molecule has 0 fully saturated rings. The van der Waals surface area contributed by atoms with Crippen molar-refractivity contribution < 1.29 is 12.9 Å². The average Bonchev–Trinajstić information content (AvgIpc) is 1.82. The van der Waals surface area contributed by atoms with Gasteiger partial charge in [0.25, 0.3) is 0 Å². The van der Waals surface area contributed by atoms with Crippen molar-refractivity contribution in [3.05, 3.63) is 0 Å². The standard InChI is InChI=1S/C5H11ClO3S.Li.H/c1-2-3-4-5(6)9-10(7)8;;/h5H,2-4H2,1H3,(H,7,8);;. The van der Waals surface area contributed by atoms with Crippen LogP contribution in [0, 0.1) is 0 Å². The maximum absolute atomic E-state index is 9.98. The van der Waals surface area contributed by atoms with Gasteiger partial charge in [-0.3, -0.25) is 4.55 Å². The predicted octanol–water partition coefficient (Wildman–Crippen LogP) is 1.25. The molecule has 3 nitrogen and oxygen atoms in total. The van der Waals surface area contributed by atoms with Gasteiger partial charge in [-0.05, 0) is 12.8 Å². The molecule has 0 spiro atoms. The van der Waals surface area contributed by atoms with Crippen molar-refractivity contribution in [3.8, 4) is 0 Å². The Kier molecular flexibility index (Phi) is 11.9. The van der Waals surface area contributed by atoms with Crippen LogP contribution >= 0.6 is 11.6 Å². The summed E-state index contributed by atoms with van der Waals surface area (Å²) in [4.78, 5) is 0. The van der Waals surface area contributed by atoms with Gasteiger partial charge in [0.2, 0.25) is 0 Å². The molecule has 0 aliphatic rings. The molecule has 64 valence electrons. The van der Waals surface area contributed by atoms with Crippen LogP contribution < -0.4 is 0 Å². The van der Waals surface area contributed by atoms with Gasteiger partial charge in [0.15, 0.2) is 5.56 Å². The third-order valence-electron chi connectivity index (χ3n) is 0.971. The molecule has 0 amide bonds. The number of halogens is 1. The molecule has 11 heavy (non-hydrogen) atoms. The van der Waals surface area contributed by atoms with Crippen LogP contribution in [-0.2, 0) is 15.5 Å². The van der Waals surface area contributed by atoms with Crippen LogP contribution in [0.4, 0.5) is 0 Å². The zero-order valence-corrected chi connectivity index (χ0v) is 7.32. The monoisotopic (exact) mass is 194 g/mol. The van der Waals surface area contributed by atoms with Crippen molar-refractivity contribution in [3.63, 3.8) is 0 Å². The topological polar surface area (TPSA) is 46.5 Å². The summed E-state index contributed by atoms with van der Waals surface area (Å²) in [6.45, 7) is 2.01. The average molecular weight is 195 g/mol. The quantitative estimate of drug-likeness (QED) is 0.407. The first kappa shape index (κ1) is 14.5. The molecule has 6 heteroatoms. The van der Waals surface area contributed by atoms with Crippen LogP contribution in [-0.4, -0.2) is 33.2 Å². The van der Waals surface area contributed by atoms with E-state index in [0.717, 1.165) is 12.8 Å². The predicted molar refractivity (Wildman–Crippen MR) is 48.2 cm³/mol. The van der Waals surface area contributed by atoms with Crippen molar-refractivity contribution in [1.82, 2.24) is 0 Å². The van der Waals surface area contributed by atoms with Gasteiger partial charge in [0.1, 0.15) is 0 Å². The summed E-state index contributed by atoms with van der Waals surface area (Å²) in [5.41, 5.74) is -0.634. The van der Waals surface area contributed by atoms with Gasteiger partial charge in [-0.25, -0.2) is 4.18 Å². The summed E-state index contributed by atoms with van der Waals surface area (Å²) >= 11 is 3.25. The van der Waals surface area contributed by atoms with E-state index in [-0.39, 0.29) is 18.9 Å². The molecule has 0 bridgehead atoms. The molecule has 0 saturated heterocycles. The summed E-state index contributed by atoms with van der Waals surface area (Å²) in [5.74, 6) is 0. The fraction of sp³-hybridized carbons (Fsp3) is 1.00. The van der Waals surface area contributed by atoms with Crippen LogP contribution in [0.25, 0.3) is 0 Å². The third kappa shape index (κ3) is 11.0. The second-order valence-corrected chi connectivity index (χ2v) is 2.98. The van der Waals surface area contributed by atoms with Gasteiger partial charge >= 0.3 is 30.2 Å². The first-order valence-electron chi connectivity index (χ1n) is 3.09. The molecule has 0 rings (SSSR count). The Balaban J connectivity index is 0. The summed E-state index contributed by atoms with van der Waals surface area (Å²) in [6.07, 6.45) is 2.53. The Morgan fingerprint density at radius 1 is 1.73 bits per heavy atom. The first-order valence-corrected chi connectivity index (χ1v) is 4.55. The van der Waals surface area contributed by atoms with E-state index in [1.54, 1.807) is 0 Å². The van der Waals surface area contributed by atoms with Crippen LogP contribution in [0.15, 0.2) is 0 Å². The molecule has 2 unspecified atom stereocenters. The molecular formula is C5H12ClLiO3S. The van der Waals surface area contributed by atoms with Gasteiger partial charge in [0, 0.05) is 0 Å². The van der Waals surface area contributed by atoms with E-state index in [2.05, 4.69) is 4.18 Å². The molecule has 0 aromatic rings. The van der Waals surface area contributed by atoms with Gasteiger partial charge in [-0.15, -0.1) is 0 Å². The summed E-state index contributed by atoms with van der Waals surface area (Å²) in [6, 6.07) is 0. The molecule has 0 aliphatic heterocycles. The van der Waals surface area contributed by atoms with Gasteiger partial charge < -0.3 is 0 Å². The van der Waals surface area contributed by atoms with Crippen molar-refractivity contribution in [2.45, 2.75) is 31.7 Å². The van der Waals surface area contributed by atoms with Gasteiger partial charge in [-0.2, -0.15) is 4.21 Å². The number of rotatable bonds is 5. The molecule has 0 aromatic heterocycles. The molecule has 0 radical (unpaired) electrons. The SMILES string of the molecule is CCCCC(Cl)OS(=O)O.[LiH]. The fourth-order valence-electron chi connectivity index (χ4n) is 0.502. The molecule has 0 aromatic carbocycles. The second kappa shape index (κ2) is 9.05. The number of hydrogen-bond donors (Lipinski definition) is 1. The van der Waals surface area contributed by atoms with Crippen LogP contribution in [0.3, 0.4) is 0 Å². The second-order valence-electron chi connectivity index (χ2n) is 1.87. The van der Waals surface area contributed by atoms with Crippen molar-refractivity contribution in [1.29, 1.82) is 0 Å². The summed E-state index contributed by atoms with van der Waals surface area (Å²) in [5, 5.41) is 0. The molecular weight excluding hydrogens is 183 g/mol. The van der Waals surface area contributed by atoms with E-state index >= 15 is 0 Å². The molecule has 1 N–H and O–H groups in total. The van der Waals surface area contributed by atoms with E-state index in [9.17, 15) is 4.21 Å². The van der Waals surface area contributed by atoms with Crippen LogP contribution in [0.2, 0.25) is 0 Å². The molecule has 0 saturated carbocycles. The Hall–Kier alpha value is 0.957. The number of hydrogen-bond acceptors (Lipinski definition) is 2.